The smallest absolute Gasteiger partial charge is 0.275 e. The topological polar surface area (TPSA) is 70.8 Å². The lowest BCUT2D eigenvalue weighted by Gasteiger charge is -2.30. The molecule has 1 aromatic rings. The molecule has 3 rings (SSSR count). The van der Waals surface area contributed by atoms with Crippen LogP contribution in [0.5, 0.6) is 0 Å². The minimum Gasteiger partial charge on any atom is -0.396 e. The van der Waals surface area contributed by atoms with Crippen molar-refractivity contribution in [1.82, 2.24) is 19.6 Å². The molecule has 0 spiro atoms. The summed E-state index contributed by atoms with van der Waals surface area (Å²) in [5.74, 6) is 0.215. The van der Waals surface area contributed by atoms with E-state index in [1.807, 2.05) is 6.92 Å². The van der Waals surface area contributed by atoms with Crippen LogP contribution in [-0.4, -0.2) is 83.1 Å². The quantitative estimate of drug-likeness (QED) is 0.845. The number of carbonyl (C=O) groups is 1. The van der Waals surface area contributed by atoms with Gasteiger partial charge in [-0.05, 0) is 12.8 Å². The van der Waals surface area contributed by atoms with Gasteiger partial charge in [-0.2, -0.15) is 5.10 Å². The molecular weight excluding hydrogens is 332 g/mol. The van der Waals surface area contributed by atoms with Gasteiger partial charge in [-0.25, -0.2) is 0 Å². The van der Waals surface area contributed by atoms with Gasteiger partial charge < -0.3 is 14.7 Å². The van der Waals surface area contributed by atoms with Crippen LogP contribution in [-0.2, 0) is 11.8 Å². The van der Waals surface area contributed by atoms with Gasteiger partial charge >= 0.3 is 0 Å². The monoisotopic (exact) mass is 356 g/mol. The molecule has 24 heavy (non-hydrogen) atoms. The number of rotatable bonds is 4. The van der Waals surface area contributed by atoms with Crippen molar-refractivity contribution in [3.8, 4) is 0 Å². The van der Waals surface area contributed by atoms with Crippen molar-refractivity contribution in [3.63, 3.8) is 0 Å². The van der Waals surface area contributed by atoms with Gasteiger partial charge in [0.2, 0.25) is 0 Å². The highest BCUT2D eigenvalue weighted by Gasteiger charge is 2.37. The molecule has 0 bridgehead atoms. The third-order valence-corrected chi connectivity index (χ3v) is 5.61. The Kier molecular flexibility index (Phi) is 5.44. The zero-order valence-corrected chi connectivity index (χ0v) is 15.0. The first-order chi connectivity index (χ1) is 11.5. The van der Waals surface area contributed by atoms with Crippen LogP contribution in [0.15, 0.2) is 0 Å². The predicted octanol–water partition coefficient (Wildman–Crippen LogP) is 0.395. The number of aliphatic hydroxyl groups is 1. The zero-order chi connectivity index (χ0) is 17.3. The van der Waals surface area contributed by atoms with E-state index in [1.165, 1.54) is 0 Å². The highest BCUT2D eigenvalue weighted by Crippen LogP contribution is 2.28. The van der Waals surface area contributed by atoms with E-state index in [-0.39, 0.29) is 24.3 Å². The summed E-state index contributed by atoms with van der Waals surface area (Å²) in [5, 5.41) is 14.4. The highest BCUT2D eigenvalue weighted by molar-refractivity contribution is 6.34. The molecule has 0 unspecified atom stereocenters. The summed E-state index contributed by atoms with van der Waals surface area (Å²) < 4.78 is 7.01. The van der Waals surface area contributed by atoms with Crippen molar-refractivity contribution in [2.45, 2.75) is 6.92 Å². The molecule has 7 nitrogen and oxygen atoms in total. The van der Waals surface area contributed by atoms with E-state index in [9.17, 15) is 9.90 Å². The van der Waals surface area contributed by atoms with Gasteiger partial charge in [0.15, 0.2) is 5.69 Å². The zero-order valence-electron chi connectivity index (χ0n) is 14.2. The molecule has 0 saturated carbocycles. The van der Waals surface area contributed by atoms with Gasteiger partial charge in [0.1, 0.15) is 0 Å². The van der Waals surface area contributed by atoms with E-state index >= 15 is 0 Å². The molecule has 2 aliphatic rings. The summed E-state index contributed by atoms with van der Waals surface area (Å²) in [4.78, 5) is 16.9. The van der Waals surface area contributed by atoms with Crippen LogP contribution in [0.1, 0.15) is 16.2 Å². The Hall–Kier alpha value is -1.15. The molecular formula is C16H25ClN4O3. The molecule has 0 aromatic carbocycles. The number of aliphatic hydroxyl groups excluding tert-OH is 1. The van der Waals surface area contributed by atoms with Crippen molar-refractivity contribution in [3.05, 3.63) is 16.4 Å². The lowest BCUT2D eigenvalue weighted by atomic mass is 9.96. The number of morpholine rings is 1. The van der Waals surface area contributed by atoms with Crippen molar-refractivity contribution >= 4 is 17.5 Å². The molecule has 2 atom stereocenters. The standard InChI is InChI=1S/C16H25ClN4O3/c1-11-14(17)15(18-19(11)2)16(23)21-8-12(13(9-21)10-22)7-20-3-5-24-6-4-20/h12-13,22H,3-10H2,1-2H3/t12-,13-/m1/s1. The number of nitrogens with zero attached hydrogens (tertiary/aromatic N) is 4. The maximum absolute atomic E-state index is 12.8. The van der Waals surface area contributed by atoms with Crippen LogP contribution >= 0.6 is 11.6 Å². The molecule has 1 N–H and O–H groups in total. The number of halogens is 1. The van der Waals surface area contributed by atoms with Gasteiger partial charge in [0.05, 0.1) is 23.9 Å². The molecule has 3 heterocycles. The van der Waals surface area contributed by atoms with E-state index in [0.29, 0.717) is 23.8 Å². The number of ether oxygens (including phenoxy) is 1. The Balaban J connectivity index is 1.68. The van der Waals surface area contributed by atoms with Gasteiger partial charge in [-0.15, -0.1) is 0 Å². The number of carbonyl (C=O) groups excluding carboxylic acids is 1. The fourth-order valence-electron chi connectivity index (χ4n) is 3.50. The first-order valence-corrected chi connectivity index (χ1v) is 8.78. The van der Waals surface area contributed by atoms with Crippen LogP contribution in [0.4, 0.5) is 0 Å². The van der Waals surface area contributed by atoms with E-state index in [4.69, 9.17) is 16.3 Å². The number of aromatic nitrogens is 2. The number of likely N-dealkylation sites (tertiary alicyclic amines) is 1. The maximum atomic E-state index is 12.8. The van der Waals surface area contributed by atoms with Crippen LogP contribution in [0.25, 0.3) is 0 Å². The van der Waals surface area contributed by atoms with Gasteiger partial charge in [-0.1, -0.05) is 11.6 Å². The fourth-order valence-corrected chi connectivity index (χ4v) is 3.74. The van der Waals surface area contributed by atoms with Gasteiger partial charge in [-0.3, -0.25) is 14.4 Å². The average molecular weight is 357 g/mol. The van der Waals surface area contributed by atoms with Crippen molar-refractivity contribution in [2.24, 2.45) is 18.9 Å². The molecule has 2 aliphatic heterocycles. The highest BCUT2D eigenvalue weighted by atomic mass is 35.5. The van der Waals surface area contributed by atoms with Crippen molar-refractivity contribution < 1.29 is 14.6 Å². The minimum atomic E-state index is -0.147. The SMILES string of the molecule is Cc1c(Cl)c(C(=O)N2C[C@@H](CN3CCOCC3)[C@@H](CO)C2)nn1C. The Morgan fingerprint density at radius 2 is 2.00 bits per heavy atom. The lowest BCUT2D eigenvalue weighted by Crippen LogP contribution is -2.41. The largest absolute Gasteiger partial charge is 0.396 e. The summed E-state index contributed by atoms with van der Waals surface area (Å²) in [6.07, 6.45) is 0. The van der Waals surface area contributed by atoms with Crippen LogP contribution < -0.4 is 0 Å². The second-order valence-corrected chi connectivity index (χ2v) is 7.08. The lowest BCUT2D eigenvalue weighted by molar-refractivity contribution is 0.0264. The molecule has 134 valence electrons. The van der Waals surface area contributed by atoms with Crippen LogP contribution in [0.2, 0.25) is 5.02 Å². The number of hydrogen-bond acceptors (Lipinski definition) is 5. The predicted molar refractivity (Wildman–Crippen MR) is 90.2 cm³/mol. The molecule has 8 heteroatoms. The molecule has 1 aromatic heterocycles. The second-order valence-electron chi connectivity index (χ2n) is 6.70. The second kappa shape index (κ2) is 7.39. The summed E-state index contributed by atoms with van der Waals surface area (Å²) in [7, 11) is 1.78. The molecule has 0 radical (unpaired) electrons. The average Bonchev–Trinajstić information content (AvgIpc) is 3.11. The summed E-state index contributed by atoms with van der Waals surface area (Å²) >= 11 is 6.25. The molecule has 1 amide bonds. The number of aryl methyl sites for hydroxylation is 1. The summed E-state index contributed by atoms with van der Waals surface area (Å²) in [5.41, 5.74) is 1.09. The third-order valence-electron chi connectivity index (χ3n) is 5.16. The van der Waals surface area contributed by atoms with Crippen molar-refractivity contribution in [1.29, 1.82) is 0 Å². The maximum Gasteiger partial charge on any atom is 0.275 e. The first-order valence-electron chi connectivity index (χ1n) is 8.40. The molecule has 2 saturated heterocycles. The normalized spacial score (nSPS) is 25.4. The van der Waals surface area contributed by atoms with Crippen LogP contribution in [0, 0.1) is 18.8 Å². The summed E-state index contributed by atoms with van der Waals surface area (Å²) in [6, 6.07) is 0. The van der Waals surface area contributed by atoms with E-state index < -0.39 is 0 Å². The van der Waals surface area contributed by atoms with Crippen LogP contribution in [0.3, 0.4) is 0 Å². The van der Waals surface area contributed by atoms with E-state index in [0.717, 1.165) is 38.5 Å². The Bertz CT molecular complexity index is 600. The Morgan fingerprint density at radius 1 is 1.33 bits per heavy atom. The third kappa shape index (κ3) is 3.44. The first kappa shape index (κ1) is 17.7. The Morgan fingerprint density at radius 3 is 2.58 bits per heavy atom. The van der Waals surface area contributed by atoms with Gasteiger partial charge in [0, 0.05) is 52.3 Å². The summed E-state index contributed by atoms with van der Waals surface area (Å²) in [6.45, 7) is 7.32. The van der Waals surface area contributed by atoms with Crippen molar-refractivity contribution in [2.75, 3.05) is 52.5 Å². The number of amides is 1. The molecule has 2 fully saturated rings. The number of hydrogen-bond donors (Lipinski definition) is 1. The van der Waals surface area contributed by atoms with Gasteiger partial charge in [0.25, 0.3) is 5.91 Å². The van der Waals surface area contributed by atoms with E-state index in [2.05, 4.69) is 10.00 Å². The minimum absolute atomic E-state index is 0.0910. The van der Waals surface area contributed by atoms with E-state index in [1.54, 1.807) is 16.6 Å². The Labute approximate surface area is 147 Å². The fraction of sp³-hybridized carbons (Fsp3) is 0.750. The molecule has 0 aliphatic carbocycles.